The smallest absolute Gasteiger partial charge is 0.356 e. The zero-order chi connectivity index (χ0) is 22.6. The van der Waals surface area contributed by atoms with Crippen molar-refractivity contribution in [2.45, 2.75) is 50.7 Å². The first-order valence-electron chi connectivity index (χ1n) is 11.1. The highest BCUT2D eigenvalue weighted by molar-refractivity contribution is 6.05. The Bertz CT molecular complexity index is 1050. The Kier molecular flexibility index (Phi) is 6.40. The van der Waals surface area contributed by atoms with E-state index in [2.05, 4.69) is 0 Å². The maximum Gasteiger partial charge on any atom is 0.356 e. The quantitative estimate of drug-likeness (QED) is 0.363. The molecular weight excluding hydrogens is 400 g/mol. The number of hydrogen-bond donors (Lipinski definition) is 0. The van der Waals surface area contributed by atoms with Gasteiger partial charge in [-0.3, -0.25) is 4.79 Å². The maximum atomic E-state index is 13.3. The highest BCUT2D eigenvalue weighted by atomic mass is 16.6. The van der Waals surface area contributed by atoms with E-state index in [1.54, 1.807) is 6.07 Å². The molecule has 4 nitrogen and oxygen atoms in total. The maximum absolute atomic E-state index is 13.3. The third-order valence-electron chi connectivity index (χ3n) is 6.01. The lowest BCUT2D eigenvalue weighted by molar-refractivity contribution is -0.184. The van der Waals surface area contributed by atoms with Crippen molar-refractivity contribution in [1.29, 1.82) is 0 Å². The lowest BCUT2D eigenvalue weighted by atomic mass is 9.80. The molecule has 1 fully saturated rings. The molecule has 0 spiro atoms. The predicted molar refractivity (Wildman–Crippen MR) is 124 cm³/mol. The van der Waals surface area contributed by atoms with Crippen LogP contribution in [-0.4, -0.2) is 17.9 Å². The molecule has 2 atom stereocenters. The first-order valence-corrected chi connectivity index (χ1v) is 11.1. The van der Waals surface area contributed by atoms with Crippen LogP contribution in [0, 0.1) is 0 Å². The van der Waals surface area contributed by atoms with E-state index in [4.69, 9.17) is 9.47 Å². The van der Waals surface area contributed by atoms with Crippen molar-refractivity contribution in [3.63, 3.8) is 0 Å². The first kappa shape index (κ1) is 21.8. The molecule has 4 rings (SSSR count). The molecule has 3 aromatic carbocycles. The number of carbonyl (C=O) groups is 2. The summed E-state index contributed by atoms with van der Waals surface area (Å²) in [6.45, 7) is 4.10. The highest BCUT2D eigenvalue weighted by Crippen LogP contribution is 2.40. The van der Waals surface area contributed by atoms with Gasteiger partial charge in [0.25, 0.3) is 6.10 Å². The third kappa shape index (κ3) is 4.59. The van der Waals surface area contributed by atoms with Crippen molar-refractivity contribution in [3.8, 4) is 5.75 Å². The number of cyclic esters (lactones) is 1. The van der Waals surface area contributed by atoms with E-state index in [9.17, 15) is 9.59 Å². The summed E-state index contributed by atoms with van der Waals surface area (Å²) < 4.78 is 12.0. The average Bonchev–Trinajstić information content (AvgIpc) is 2.81. The molecule has 0 amide bonds. The molecule has 32 heavy (non-hydrogen) atoms. The topological polar surface area (TPSA) is 52.6 Å². The van der Waals surface area contributed by atoms with Crippen molar-refractivity contribution >= 4 is 11.8 Å². The van der Waals surface area contributed by atoms with E-state index in [0.717, 1.165) is 16.7 Å². The fourth-order valence-electron chi connectivity index (χ4n) is 4.27. The van der Waals surface area contributed by atoms with E-state index in [0.29, 0.717) is 18.6 Å². The van der Waals surface area contributed by atoms with Crippen LogP contribution in [-0.2, 0) is 26.3 Å². The summed E-state index contributed by atoms with van der Waals surface area (Å²) in [7, 11) is 0. The number of carbonyl (C=O) groups excluding carboxylic acids is 2. The molecule has 164 valence electrons. The number of rotatable bonds is 7. The second kappa shape index (κ2) is 9.39. The SMILES string of the molecule is CC(C)c1ccccc1OC1C(=O)CC(CCc2ccccc2)(c2ccccc2)OC1=O. The van der Waals surface area contributed by atoms with Crippen LogP contribution in [0.5, 0.6) is 5.75 Å². The van der Waals surface area contributed by atoms with Crippen LogP contribution < -0.4 is 4.74 Å². The number of esters is 1. The van der Waals surface area contributed by atoms with Crippen LogP contribution in [0.1, 0.15) is 49.3 Å². The lowest BCUT2D eigenvalue weighted by Gasteiger charge is -2.39. The second-order valence-corrected chi connectivity index (χ2v) is 8.60. The summed E-state index contributed by atoms with van der Waals surface area (Å²) in [5.41, 5.74) is 1.93. The zero-order valence-electron chi connectivity index (χ0n) is 18.5. The fourth-order valence-corrected chi connectivity index (χ4v) is 4.27. The molecule has 0 radical (unpaired) electrons. The van der Waals surface area contributed by atoms with Gasteiger partial charge in [-0.05, 0) is 41.5 Å². The third-order valence-corrected chi connectivity index (χ3v) is 6.01. The Hall–Kier alpha value is -3.40. The second-order valence-electron chi connectivity index (χ2n) is 8.60. The molecule has 0 N–H and O–H groups in total. The van der Waals surface area contributed by atoms with Gasteiger partial charge < -0.3 is 9.47 Å². The molecule has 0 aliphatic carbocycles. The van der Waals surface area contributed by atoms with Gasteiger partial charge in [-0.2, -0.15) is 0 Å². The predicted octanol–water partition coefficient (Wildman–Crippen LogP) is 5.60. The van der Waals surface area contributed by atoms with Crippen LogP contribution in [0.2, 0.25) is 0 Å². The van der Waals surface area contributed by atoms with E-state index in [1.165, 1.54) is 0 Å². The molecule has 1 heterocycles. The van der Waals surface area contributed by atoms with Crippen LogP contribution >= 0.6 is 0 Å². The molecule has 0 saturated carbocycles. The Morgan fingerprint density at radius 1 is 0.906 bits per heavy atom. The van der Waals surface area contributed by atoms with Gasteiger partial charge in [0.05, 0.1) is 6.42 Å². The molecular formula is C28H28O4. The summed E-state index contributed by atoms with van der Waals surface area (Å²) in [5, 5.41) is 0. The molecule has 0 aromatic heterocycles. The number of hydrogen-bond acceptors (Lipinski definition) is 4. The summed E-state index contributed by atoms with van der Waals surface area (Å²) in [6, 6.07) is 27.1. The Balaban J connectivity index is 1.60. The molecule has 3 aromatic rings. The minimum atomic E-state index is -1.25. The van der Waals surface area contributed by atoms with Gasteiger partial charge in [-0.15, -0.1) is 0 Å². The van der Waals surface area contributed by atoms with Gasteiger partial charge in [0.2, 0.25) is 0 Å². The van der Waals surface area contributed by atoms with Crippen LogP contribution in [0.15, 0.2) is 84.9 Å². The van der Waals surface area contributed by atoms with Gasteiger partial charge in [-0.25, -0.2) is 4.79 Å². The lowest BCUT2D eigenvalue weighted by Crippen LogP contribution is -2.51. The zero-order valence-corrected chi connectivity index (χ0v) is 18.5. The molecule has 2 unspecified atom stereocenters. The van der Waals surface area contributed by atoms with E-state index < -0.39 is 17.7 Å². The molecule has 4 heteroatoms. The van der Waals surface area contributed by atoms with Gasteiger partial charge in [0.15, 0.2) is 5.78 Å². The number of ketones is 1. The first-order chi connectivity index (χ1) is 15.5. The minimum absolute atomic E-state index is 0.0874. The van der Waals surface area contributed by atoms with Crippen LogP contribution in [0.4, 0.5) is 0 Å². The molecule has 1 aliphatic heterocycles. The minimum Gasteiger partial charge on any atom is -0.470 e. The number of ether oxygens (including phenoxy) is 2. The summed E-state index contributed by atoms with van der Waals surface area (Å²) in [5.74, 6) is -0.127. The van der Waals surface area contributed by atoms with Crippen molar-refractivity contribution in [3.05, 3.63) is 102 Å². The largest absolute Gasteiger partial charge is 0.470 e. The van der Waals surface area contributed by atoms with Crippen molar-refractivity contribution in [1.82, 2.24) is 0 Å². The standard InChI is InChI=1S/C28H28O4/c1-20(2)23-15-9-10-16-25(23)31-26-24(29)19-28(32-27(26)30,22-13-7-4-8-14-22)18-17-21-11-5-3-6-12-21/h3-16,20,26H,17-19H2,1-2H3. The van der Waals surface area contributed by atoms with E-state index in [-0.39, 0.29) is 18.1 Å². The summed E-state index contributed by atoms with van der Waals surface area (Å²) in [4.78, 5) is 26.4. The van der Waals surface area contributed by atoms with Gasteiger partial charge in [0, 0.05) is 0 Å². The van der Waals surface area contributed by atoms with Crippen molar-refractivity contribution in [2.75, 3.05) is 0 Å². The Morgan fingerprint density at radius 3 is 2.19 bits per heavy atom. The Labute approximate surface area is 189 Å². The van der Waals surface area contributed by atoms with E-state index in [1.807, 2.05) is 92.7 Å². The molecule has 1 aliphatic rings. The Morgan fingerprint density at radius 2 is 1.53 bits per heavy atom. The molecule has 0 bridgehead atoms. The molecule has 1 saturated heterocycles. The fraction of sp³-hybridized carbons (Fsp3) is 0.286. The number of aryl methyl sites for hydroxylation is 1. The van der Waals surface area contributed by atoms with Gasteiger partial charge in [0.1, 0.15) is 11.4 Å². The highest BCUT2D eigenvalue weighted by Gasteiger charge is 2.49. The van der Waals surface area contributed by atoms with Gasteiger partial charge in [-0.1, -0.05) is 92.7 Å². The number of Topliss-reactive ketones (excluding diaryl/α,β-unsaturated/α-hetero) is 1. The number of para-hydroxylation sites is 1. The normalized spacial score (nSPS) is 20.8. The van der Waals surface area contributed by atoms with Gasteiger partial charge >= 0.3 is 5.97 Å². The van der Waals surface area contributed by atoms with Crippen LogP contribution in [0.3, 0.4) is 0 Å². The van der Waals surface area contributed by atoms with E-state index >= 15 is 0 Å². The van der Waals surface area contributed by atoms with Crippen molar-refractivity contribution in [2.24, 2.45) is 0 Å². The summed E-state index contributed by atoms with van der Waals surface area (Å²) >= 11 is 0. The summed E-state index contributed by atoms with van der Waals surface area (Å²) in [6.07, 6.45) is 0.0547. The number of benzene rings is 3. The monoisotopic (exact) mass is 428 g/mol. The average molecular weight is 429 g/mol. The van der Waals surface area contributed by atoms with Crippen molar-refractivity contribution < 1.29 is 19.1 Å². The van der Waals surface area contributed by atoms with Crippen LogP contribution in [0.25, 0.3) is 0 Å².